The van der Waals surface area contributed by atoms with Crippen molar-refractivity contribution >= 4 is 50.4 Å². The number of sulfonamides is 1. The smallest absolute Gasteiger partial charge is 0.259 e. The van der Waals surface area contributed by atoms with E-state index in [4.69, 9.17) is 19.4 Å². The molecule has 1 aromatic carbocycles. The molecule has 0 unspecified atom stereocenters. The van der Waals surface area contributed by atoms with E-state index >= 15 is 0 Å². The monoisotopic (exact) mass is 765 g/mol. The summed E-state index contributed by atoms with van der Waals surface area (Å²) in [7, 11) is 1.84. The third-order valence-electron chi connectivity index (χ3n) is 10.6. The van der Waals surface area contributed by atoms with Crippen LogP contribution in [0.15, 0.2) is 35.7 Å². The third kappa shape index (κ3) is 8.60. The predicted octanol–water partition coefficient (Wildman–Crippen LogP) is 5.54. The highest BCUT2D eigenvalue weighted by Gasteiger charge is 2.62. The second-order valence-corrected chi connectivity index (χ2v) is 18.1. The number of benzene rings is 1. The Labute approximate surface area is 316 Å². The molecule has 3 aliphatic rings. The lowest BCUT2D eigenvalue weighted by molar-refractivity contribution is -0.133. The Hall–Kier alpha value is -3.88. The topological polar surface area (TPSA) is 157 Å². The minimum Gasteiger partial charge on any atom is -0.496 e. The third-order valence-corrected chi connectivity index (χ3v) is 13.3. The summed E-state index contributed by atoms with van der Waals surface area (Å²) in [5.41, 5.74) is 1.78. The fourth-order valence-corrected chi connectivity index (χ4v) is 9.46. The molecule has 53 heavy (non-hydrogen) atoms. The number of amides is 2. The van der Waals surface area contributed by atoms with Crippen LogP contribution in [0.4, 0.5) is 0 Å². The van der Waals surface area contributed by atoms with Crippen LogP contribution in [0.2, 0.25) is 0 Å². The molecule has 0 spiro atoms. The predicted molar refractivity (Wildman–Crippen MR) is 206 cm³/mol. The molecule has 0 bridgehead atoms. The summed E-state index contributed by atoms with van der Waals surface area (Å²) >= 11 is 1.51. The Bertz CT molecular complexity index is 1990. The lowest BCUT2D eigenvalue weighted by Crippen LogP contribution is -2.54. The minimum atomic E-state index is -3.83. The van der Waals surface area contributed by atoms with Crippen LogP contribution in [-0.2, 0) is 24.4 Å². The van der Waals surface area contributed by atoms with Gasteiger partial charge >= 0.3 is 0 Å². The number of thiazole rings is 1. The summed E-state index contributed by atoms with van der Waals surface area (Å²) in [6.07, 6.45) is 8.85. The summed E-state index contributed by atoms with van der Waals surface area (Å²) in [6.45, 7) is 7.09. The van der Waals surface area contributed by atoms with Crippen LogP contribution < -0.4 is 19.5 Å². The van der Waals surface area contributed by atoms with E-state index in [0.29, 0.717) is 42.0 Å². The van der Waals surface area contributed by atoms with Crippen LogP contribution in [-0.4, -0.2) is 86.0 Å². The molecular weight excluding hydrogens is 715 g/mol. The average Bonchev–Trinajstić information content (AvgIpc) is 3.99. The number of hydrogen-bond donors (Lipinski definition) is 2. The molecule has 6 rings (SSSR count). The van der Waals surface area contributed by atoms with Crippen LogP contribution >= 0.6 is 11.3 Å². The fourth-order valence-electron chi connectivity index (χ4n) is 7.15. The van der Waals surface area contributed by atoms with Gasteiger partial charge in [-0.15, -0.1) is 11.3 Å². The normalized spacial score (nSPS) is 24.2. The molecule has 3 saturated carbocycles. The number of unbranched alkanes of at least 4 members (excludes halogenated alkanes) is 2. The Balaban J connectivity index is 1.21. The number of nitrogens with one attached hydrogen (secondary N) is 2. The van der Waals surface area contributed by atoms with Crippen LogP contribution in [0, 0.1) is 24.7 Å². The van der Waals surface area contributed by atoms with Crippen molar-refractivity contribution < 1.29 is 32.3 Å². The molecular formula is C39H51N5O7S2. The van der Waals surface area contributed by atoms with E-state index in [0.717, 1.165) is 53.7 Å². The quantitative estimate of drug-likeness (QED) is 0.102. The second-order valence-electron chi connectivity index (χ2n) is 15.3. The van der Waals surface area contributed by atoms with Gasteiger partial charge < -0.3 is 24.5 Å². The molecule has 2 aromatic heterocycles. The fraction of sp³-hybridized carbons (Fsp3) is 0.564. The first-order valence-corrected chi connectivity index (χ1v) is 20.9. The molecule has 3 aromatic rings. The van der Waals surface area contributed by atoms with E-state index in [9.17, 15) is 22.8 Å². The molecule has 3 aliphatic carbocycles. The SMILES string of the molecule is COc1ccc2c(O[C@H]3C[C@@H](C=O)[C@H](C(=O)N[C@]4(C(=O)NS(=O)(=O)C5CC5)C[C@H]4/C=C\CCCCN(C)C)C3)cc(-c3nc(C(C)C)cs3)nc2c1C. The van der Waals surface area contributed by atoms with E-state index in [-0.39, 0.29) is 24.7 Å². The van der Waals surface area contributed by atoms with E-state index in [2.05, 4.69) is 28.8 Å². The van der Waals surface area contributed by atoms with Gasteiger partial charge in [0.1, 0.15) is 40.1 Å². The number of aryl methyl sites for hydroxylation is 1. The number of rotatable bonds is 17. The zero-order valence-corrected chi connectivity index (χ0v) is 33.0. The number of ether oxygens (including phenoxy) is 2. The summed E-state index contributed by atoms with van der Waals surface area (Å²) < 4.78 is 40.0. The lowest BCUT2D eigenvalue weighted by Gasteiger charge is -2.22. The molecule has 0 saturated heterocycles. The summed E-state index contributed by atoms with van der Waals surface area (Å²) in [6, 6.07) is 5.62. The number of carbonyl (C=O) groups is 3. The standard InChI is InChI=1S/C39H51N5O7S2/c1-23(2)32-22-52-37(41-32)31-19-34(29-14-15-33(50-6)24(3)35(29)40-31)51-27-17-25(21-45)30(18-27)36(46)42-39(38(47)43-53(48,49)28-12-13-28)20-26(39)11-9-7-8-10-16-44(4)5/h9,11,14-15,19,21-23,25-28,30H,7-8,10,12-13,16-18,20H2,1-6H3,(H,42,46)(H,43,47)/b11-9-/t25-,26+,27-,30+,39+/m0/s1. The maximum absolute atomic E-state index is 14.0. The molecule has 0 radical (unpaired) electrons. The Morgan fingerprint density at radius 3 is 2.57 bits per heavy atom. The van der Waals surface area contributed by atoms with Crippen LogP contribution in [0.3, 0.4) is 0 Å². The maximum atomic E-state index is 14.0. The summed E-state index contributed by atoms with van der Waals surface area (Å²) in [5.74, 6) is -1.45. The number of methoxy groups -OCH3 is 1. The number of aldehydes is 1. The van der Waals surface area contributed by atoms with Crippen molar-refractivity contribution in [1.29, 1.82) is 0 Å². The zero-order valence-electron chi connectivity index (χ0n) is 31.4. The highest BCUT2D eigenvalue weighted by molar-refractivity contribution is 7.91. The van der Waals surface area contributed by atoms with Crippen molar-refractivity contribution in [3.8, 4) is 22.2 Å². The number of hydrogen-bond acceptors (Lipinski definition) is 11. The largest absolute Gasteiger partial charge is 0.496 e. The van der Waals surface area contributed by atoms with Crippen molar-refractivity contribution in [2.75, 3.05) is 27.7 Å². The lowest BCUT2D eigenvalue weighted by atomic mass is 9.96. The Morgan fingerprint density at radius 2 is 1.91 bits per heavy atom. The first-order chi connectivity index (χ1) is 25.3. The number of nitrogens with zero attached hydrogens (tertiary/aromatic N) is 3. The van der Waals surface area contributed by atoms with Crippen LogP contribution in [0.5, 0.6) is 11.5 Å². The average molecular weight is 766 g/mol. The summed E-state index contributed by atoms with van der Waals surface area (Å²) in [4.78, 5) is 52.0. The molecule has 286 valence electrons. The second kappa shape index (κ2) is 15.8. The van der Waals surface area contributed by atoms with Gasteiger partial charge in [0, 0.05) is 34.2 Å². The summed E-state index contributed by atoms with van der Waals surface area (Å²) in [5, 5.41) is 5.90. The van der Waals surface area contributed by atoms with Crippen molar-refractivity contribution in [2.24, 2.45) is 17.8 Å². The van der Waals surface area contributed by atoms with Gasteiger partial charge in [-0.25, -0.2) is 18.4 Å². The number of carbonyl (C=O) groups excluding carboxylic acids is 3. The van der Waals surface area contributed by atoms with Gasteiger partial charge in [0.15, 0.2) is 0 Å². The van der Waals surface area contributed by atoms with E-state index in [1.165, 1.54) is 11.3 Å². The molecule has 3 fully saturated rings. The molecule has 2 N–H and O–H groups in total. The number of aromatic nitrogens is 2. The molecule has 5 atom stereocenters. The van der Waals surface area contributed by atoms with Gasteiger partial charge in [0.2, 0.25) is 15.9 Å². The van der Waals surface area contributed by atoms with Crippen molar-refractivity contribution in [2.45, 2.75) is 94.9 Å². The Kier molecular flexibility index (Phi) is 11.6. The van der Waals surface area contributed by atoms with Gasteiger partial charge in [-0.05, 0) is 97.0 Å². The molecule has 2 heterocycles. The number of allylic oxidation sites excluding steroid dienone is 1. The maximum Gasteiger partial charge on any atom is 0.259 e. The molecule has 12 nitrogen and oxygen atoms in total. The minimum absolute atomic E-state index is 0.239. The molecule has 2 amide bonds. The number of fused-ring (bicyclic) bond motifs is 1. The van der Waals surface area contributed by atoms with Crippen molar-refractivity contribution in [3.05, 3.63) is 47.0 Å². The Morgan fingerprint density at radius 1 is 1.13 bits per heavy atom. The van der Waals surface area contributed by atoms with Gasteiger partial charge in [0.25, 0.3) is 5.91 Å². The van der Waals surface area contributed by atoms with Crippen molar-refractivity contribution in [3.63, 3.8) is 0 Å². The zero-order chi connectivity index (χ0) is 38.1. The number of pyridine rings is 1. The van der Waals surface area contributed by atoms with E-state index in [1.54, 1.807) is 7.11 Å². The van der Waals surface area contributed by atoms with Crippen LogP contribution in [0.25, 0.3) is 21.6 Å². The van der Waals surface area contributed by atoms with Crippen LogP contribution in [0.1, 0.15) is 82.4 Å². The van der Waals surface area contributed by atoms with Gasteiger partial charge in [-0.3, -0.25) is 14.3 Å². The highest BCUT2D eigenvalue weighted by atomic mass is 32.2. The van der Waals surface area contributed by atoms with Crippen molar-refractivity contribution in [1.82, 2.24) is 24.9 Å². The van der Waals surface area contributed by atoms with E-state index in [1.807, 2.05) is 56.8 Å². The molecule has 14 heteroatoms. The first-order valence-electron chi connectivity index (χ1n) is 18.5. The van der Waals surface area contributed by atoms with Gasteiger partial charge in [-0.2, -0.15) is 0 Å². The molecule has 0 aliphatic heterocycles. The van der Waals surface area contributed by atoms with Gasteiger partial charge in [-0.1, -0.05) is 26.0 Å². The highest BCUT2D eigenvalue weighted by Crippen LogP contribution is 2.47. The van der Waals surface area contributed by atoms with E-state index < -0.39 is 50.6 Å². The van der Waals surface area contributed by atoms with Gasteiger partial charge in [0.05, 0.1) is 29.5 Å². The first kappa shape index (κ1) is 38.8.